The van der Waals surface area contributed by atoms with Gasteiger partial charge in [-0.3, -0.25) is 5.41 Å². The maximum atomic E-state index is 7.55. The number of pyridine rings is 1. The molecule has 0 atom stereocenters. The van der Waals surface area contributed by atoms with Gasteiger partial charge in [0.05, 0.1) is 12.2 Å². The normalized spacial score (nSPS) is 10.3. The molecule has 0 unspecified atom stereocenters. The van der Waals surface area contributed by atoms with Gasteiger partial charge in [0.2, 0.25) is 5.88 Å². The number of ether oxygens (including phenoxy) is 1. The van der Waals surface area contributed by atoms with Gasteiger partial charge in [-0.1, -0.05) is 32.6 Å². The zero-order valence-corrected chi connectivity index (χ0v) is 11.3. The molecule has 0 aliphatic rings. The fourth-order valence-electron chi connectivity index (χ4n) is 1.84. The Morgan fingerprint density at radius 1 is 1.33 bits per heavy atom. The van der Waals surface area contributed by atoms with E-state index in [-0.39, 0.29) is 5.84 Å². The van der Waals surface area contributed by atoms with E-state index in [1.807, 2.05) is 13.0 Å². The highest BCUT2D eigenvalue weighted by Crippen LogP contribution is 2.18. The number of nitrogens with two attached hydrogens (primary N) is 1. The average molecular weight is 249 g/mol. The van der Waals surface area contributed by atoms with Crippen LogP contribution in [-0.2, 0) is 0 Å². The van der Waals surface area contributed by atoms with Gasteiger partial charge in [0.25, 0.3) is 0 Å². The number of hydrogen-bond acceptors (Lipinski definition) is 3. The van der Waals surface area contributed by atoms with Crippen molar-refractivity contribution in [2.75, 3.05) is 6.61 Å². The molecule has 0 saturated heterocycles. The largest absolute Gasteiger partial charge is 0.477 e. The van der Waals surface area contributed by atoms with E-state index >= 15 is 0 Å². The van der Waals surface area contributed by atoms with E-state index in [0.717, 1.165) is 12.0 Å². The Kier molecular flexibility index (Phi) is 6.19. The number of hydrogen-bond donors (Lipinski definition) is 2. The fraction of sp³-hybridized carbons (Fsp3) is 0.571. The molecule has 0 saturated carbocycles. The third-order valence-corrected chi connectivity index (χ3v) is 2.88. The smallest absolute Gasteiger partial charge is 0.224 e. The third kappa shape index (κ3) is 4.35. The monoisotopic (exact) mass is 249 g/mol. The van der Waals surface area contributed by atoms with Crippen molar-refractivity contribution < 1.29 is 4.74 Å². The van der Waals surface area contributed by atoms with E-state index in [4.69, 9.17) is 15.9 Å². The first-order chi connectivity index (χ1) is 8.66. The molecule has 1 aromatic heterocycles. The molecule has 100 valence electrons. The van der Waals surface area contributed by atoms with Gasteiger partial charge in [0, 0.05) is 6.20 Å². The summed E-state index contributed by atoms with van der Waals surface area (Å²) in [6.45, 7) is 4.75. The number of nitrogen functional groups attached to an aromatic ring is 1. The summed E-state index contributed by atoms with van der Waals surface area (Å²) < 4.78 is 5.63. The molecule has 0 aliphatic heterocycles. The van der Waals surface area contributed by atoms with Crippen molar-refractivity contribution in [3.63, 3.8) is 0 Å². The van der Waals surface area contributed by atoms with Crippen LogP contribution in [-0.4, -0.2) is 17.4 Å². The Morgan fingerprint density at radius 3 is 2.72 bits per heavy atom. The summed E-state index contributed by atoms with van der Waals surface area (Å²) in [6, 6.07) is 1.84. The summed E-state index contributed by atoms with van der Waals surface area (Å²) in [4.78, 5) is 4.15. The third-order valence-electron chi connectivity index (χ3n) is 2.88. The topological polar surface area (TPSA) is 72.0 Å². The Bertz CT molecular complexity index is 391. The van der Waals surface area contributed by atoms with Crippen LogP contribution in [0.1, 0.15) is 50.2 Å². The van der Waals surface area contributed by atoms with Gasteiger partial charge in [-0.05, 0) is 25.0 Å². The average Bonchev–Trinajstić information content (AvgIpc) is 2.33. The molecule has 0 spiro atoms. The van der Waals surface area contributed by atoms with Gasteiger partial charge in [-0.2, -0.15) is 0 Å². The zero-order chi connectivity index (χ0) is 13.4. The van der Waals surface area contributed by atoms with Crippen molar-refractivity contribution in [3.8, 4) is 5.88 Å². The van der Waals surface area contributed by atoms with Gasteiger partial charge in [-0.15, -0.1) is 0 Å². The molecule has 4 heteroatoms. The lowest BCUT2D eigenvalue weighted by atomic mass is 10.1. The lowest BCUT2D eigenvalue weighted by molar-refractivity contribution is 0.292. The van der Waals surface area contributed by atoms with E-state index in [0.29, 0.717) is 18.1 Å². The van der Waals surface area contributed by atoms with Crippen molar-refractivity contribution in [2.45, 2.75) is 46.0 Å². The number of nitrogens with zero attached hydrogens (tertiary/aromatic N) is 1. The summed E-state index contributed by atoms with van der Waals surface area (Å²) in [5, 5.41) is 7.55. The van der Waals surface area contributed by atoms with Crippen molar-refractivity contribution in [1.82, 2.24) is 4.98 Å². The number of aromatic nitrogens is 1. The first-order valence-electron chi connectivity index (χ1n) is 6.59. The van der Waals surface area contributed by atoms with Crippen molar-refractivity contribution in [1.29, 1.82) is 5.41 Å². The number of nitrogens with one attached hydrogen (secondary N) is 1. The molecule has 0 amide bonds. The maximum absolute atomic E-state index is 7.55. The van der Waals surface area contributed by atoms with Crippen LogP contribution in [0.15, 0.2) is 12.3 Å². The predicted octanol–water partition coefficient (Wildman–Crippen LogP) is 3.02. The predicted molar refractivity (Wildman–Crippen MR) is 74.2 cm³/mol. The van der Waals surface area contributed by atoms with Crippen LogP contribution in [0.25, 0.3) is 0 Å². The molecule has 0 radical (unpaired) electrons. The summed E-state index contributed by atoms with van der Waals surface area (Å²) in [5.74, 6) is 0.500. The Hall–Kier alpha value is -1.58. The molecular formula is C14H23N3O. The van der Waals surface area contributed by atoms with Crippen LogP contribution in [0.2, 0.25) is 0 Å². The minimum absolute atomic E-state index is 0.0154. The van der Waals surface area contributed by atoms with Crippen LogP contribution in [0, 0.1) is 12.3 Å². The Morgan fingerprint density at radius 2 is 2.06 bits per heavy atom. The van der Waals surface area contributed by atoms with Crippen molar-refractivity contribution in [3.05, 3.63) is 23.4 Å². The van der Waals surface area contributed by atoms with Gasteiger partial charge >= 0.3 is 0 Å². The highest BCUT2D eigenvalue weighted by atomic mass is 16.5. The van der Waals surface area contributed by atoms with Gasteiger partial charge < -0.3 is 10.5 Å². The van der Waals surface area contributed by atoms with E-state index < -0.39 is 0 Å². The molecule has 0 fully saturated rings. The lowest BCUT2D eigenvalue weighted by Crippen LogP contribution is -2.16. The standard InChI is InChI=1S/C14H23N3O/c1-3-4-5-6-7-10-18-14-12(13(15)16)11(2)8-9-17-14/h8-9H,3-7,10H2,1-2H3,(H3,15,16). The summed E-state index contributed by atoms with van der Waals surface area (Å²) in [5.41, 5.74) is 7.09. The van der Waals surface area contributed by atoms with E-state index in [1.165, 1.54) is 25.7 Å². The molecule has 4 nitrogen and oxygen atoms in total. The van der Waals surface area contributed by atoms with Crippen LogP contribution in [0.4, 0.5) is 0 Å². The van der Waals surface area contributed by atoms with Gasteiger partial charge in [0.15, 0.2) is 0 Å². The van der Waals surface area contributed by atoms with Crippen LogP contribution in [0.5, 0.6) is 5.88 Å². The highest BCUT2D eigenvalue weighted by molar-refractivity contribution is 5.98. The summed E-state index contributed by atoms with van der Waals surface area (Å²) >= 11 is 0. The maximum Gasteiger partial charge on any atom is 0.224 e. The van der Waals surface area contributed by atoms with Crippen LogP contribution in [0.3, 0.4) is 0 Å². The first-order valence-corrected chi connectivity index (χ1v) is 6.59. The summed E-state index contributed by atoms with van der Waals surface area (Å²) in [7, 11) is 0. The molecular weight excluding hydrogens is 226 g/mol. The molecule has 0 aliphatic carbocycles. The van der Waals surface area contributed by atoms with E-state index in [9.17, 15) is 0 Å². The second-order valence-corrected chi connectivity index (χ2v) is 4.48. The molecule has 0 bridgehead atoms. The number of unbranched alkanes of at least 4 members (excludes halogenated alkanes) is 4. The number of amidine groups is 1. The lowest BCUT2D eigenvalue weighted by Gasteiger charge is -2.11. The second kappa shape index (κ2) is 7.69. The first kappa shape index (κ1) is 14.5. The SMILES string of the molecule is CCCCCCCOc1nccc(C)c1C(=N)N. The highest BCUT2D eigenvalue weighted by Gasteiger charge is 2.10. The fourth-order valence-corrected chi connectivity index (χ4v) is 1.84. The quantitative estimate of drug-likeness (QED) is 0.422. The van der Waals surface area contributed by atoms with E-state index in [2.05, 4.69) is 11.9 Å². The van der Waals surface area contributed by atoms with E-state index in [1.54, 1.807) is 6.20 Å². The molecule has 0 aromatic carbocycles. The second-order valence-electron chi connectivity index (χ2n) is 4.48. The molecule has 18 heavy (non-hydrogen) atoms. The minimum Gasteiger partial charge on any atom is -0.477 e. The molecule has 1 heterocycles. The van der Waals surface area contributed by atoms with Crippen molar-refractivity contribution >= 4 is 5.84 Å². The van der Waals surface area contributed by atoms with Crippen LogP contribution < -0.4 is 10.5 Å². The van der Waals surface area contributed by atoms with Gasteiger partial charge in [-0.25, -0.2) is 4.98 Å². The Balaban J connectivity index is 2.47. The number of rotatable bonds is 8. The summed E-state index contributed by atoms with van der Waals surface area (Å²) in [6.07, 6.45) is 7.66. The molecule has 3 N–H and O–H groups in total. The zero-order valence-electron chi connectivity index (χ0n) is 11.3. The number of aryl methyl sites for hydroxylation is 1. The minimum atomic E-state index is 0.0154. The molecule has 1 rings (SSSR count). The Labute approximate surface area is 109 Å². The molecule has 1 aromatic rings. The van der Waals surface area contributed by atoms with Crippen molar-refractivity contribution in [2.24, 2.45) is 5.73 Å². The van der Waals surface area contributed by atoms with Gasteiger partial charge in [0.1, 0.15) is 5.84 Å². The van der Waals surface area contributed by atoms with Crippen LogP contribution >= 0.6 is 0 Å².